The van der Waals surface area contributed by atoms with Crippen LogP contribution in [0.1, 0.15) is 47.4 Å². The van der Waals surface area contributed by atoms with E-state index in [4.69, 9.17) is 4.42 Å². The molecule has 0 bridgehead atoms. The highest BCUT2D eigenvalue weighted by molar-refractivity contribution is 6.17. The lowest BCUT2D eigenvalue weighted by Crippen LogP contribution is -2.35. The molecule has 22 heavy (non-hydrogen) atoms. The van der Waals surface area contributed by atoms with Crippen molar-refractivity contribution in [2.75, 3.05) is 26.2 Å². The van der Waals surface area contributed by atoms with Gasteiger partial charge in [-0.15, -0.1) is 0 Å². The Bertz CT molecular complexity index is 666. The van der Waals surface area contributed by atoms with E-state index in [1.54, 1.807) is 6.34 Å². The summed E-state index contributed by atoms with van der Waals surface area (Å²) in [5, 5.41) is 0. The Hall–Kier alpha value is -2.11. The van der Waals surface area contributed by atoms with E-state index >= 15 is 0 Å². The molecule has 1 aromatic heterocycles. The second-order valence-corrected chi connectivity index (χ2v) is 6.06. The molecule has 3 aliphatic heterocycles. The van der Waals surface area contributed by atoms with Crippen LogP contribution in [0.25, 0.3) is 0 Å². The second kappa shape index (κ2) is 5.26. The van der Waals surface area contributed by atoms with E-state index in [1.165, 1.54) is 12.8 Å². The van der Waals surface area contributed by atoms with Crippen LogP contribution in [-0.2, 0) is 0 Å². The van der Waals surface area contributed by atoms with E-state index in [-0.39, 0.29) is 5.91 Å². The molecule has 4 heterocycles. The van der Waals surface area contributed by atoms with Crippen LogP contribution in [-0.4, -0.2) is 54.1 Å². The van der Waals surface area contributed by atoms with Crippen LogP contribution >= 0.6 is 0 Å². The summed E-state index contributed by atoms with van der Waals surface area (Å²) in [6.07, 6.45) is 6.32. The molecule has 116 valence electrons. The smallest absolute Gasteiger partial charge is 0.258 e. The van der Waals surface area contributed by atoms with Gasteiger partial charge in [-0.1, -0.05) is 12.8 Å². The minimum absolute atomic E-state index is 0.0658. The standard InChI is InChI=1S/C16H20N4O2/c1-11-12(16(21)19-7-4-2-3-5-8-19)13-14-17-6-9-20(14)10-18-15(13)22-11/h10H,2-9H2,1H3. The second-order valence-electron chi connectivity index (χ2n) is 6.06. The van der Waals surface area contributed by atoms with Crippen LogP contribution in [0.4, 0.5) is 5.88 Å². The number of likely N-dealkylation sites (tertiary alicyclic amines) is 1. The van der Waals surface area contributed by atoms with E-state index in [9.17, 15) is 4.79 Å². The summed E-state index contributed by atoms with van der Waals surface area (Å²) in [6.45, 7) is 5.07. The van der Waals surface area contributed by atoms with E-state index in [0.717, 1.165) is 50.4 Å². The fourth-order valence-corrected chi connectivity index (χ4v) is 3.44. The summed E-state index contributed by atoms with van der Waals surface area (Å²) in [5.41, 5.74) is 1.44. The van der Waals surface area contributed by atoms with Gasteiger partial charge in [0.1, 0.15) is 17.9 Å². The van der Waals surface area contributed by atoms with E-state index in [0.29, 0.717) is 17.2 Å². The van der Waals surface area contributed by atoms with Crippen LogP contribution in [0.3, 0.4) is 0 Å². The molecular weight excluding hydrogens is 280 g/mol. The molecule has 0 spiro atoms. The number of hydrogen-bond donors (Lipinski definition) is 0. The van der Waals surface area contributed by atoms with Crippen molar-refractivity contribution < 1.29 is 9.21 Å². The largest absolute Gasteiger partial charge is 0.442 e. The van der Waals surface area contributed by atoms with E-state index in [2.05, 4.69) is 9.98 Å². The first-order valence-electron chi connectivity index (χ1n) is 8.04. The molecule has 6 heteroatoms. The van der Waals surface area contributed by atoms with Crippen molar-refractivity contribution in [2.45, 2.75) is 32.6 Å². The number of nitrogens with zero attached hydrogens (tertiary/aromatic N) is 4. The highest BCUT2D eigenvalue weighted by atomic mass is 16.4. The molecule has 0 unspecified atom stereocenters. The van der Waals surface area contributed by atoms with Gasteiger partial charge in [-0.05, 0) is 19.8 Å². The van der Waals surface area contributed by atoms with Crippen LogP contribution < -0.4 is 0 Å². The Labute approximate surface area is 129 Å². The van der Waals surface area contributed by atoms with Gasteiger partial charge in [0, 0.05) is 19.6 Å². The normalized spacial score (nSPS) is 20.5. The molecule has 1 saturated heterocycles. The summed E-state index contributed by atoms with van der Waals surface area (Å²) in [6, 6.07) is 0. The summed E-state index contributed by atoms with van der Waals surface area (Å²) in [5.74, 6) is 2.07. The molecular formula is C16H20N4O2. The zero-order valence-corrected chi connectivity index (χ0v) is 12.8. The lowest BCUT2D eigenvalue weighted by molar-refractivity contribution is 0.0759. The summed E-state index contributed by atoms with van der Waals surface area (Å²) in [7, 11) is 0. The first kappa shape index (κ1) is 13.5. The van der Waals surface area contributed by atoms with E-state index in [1.807, 2.05) is 16.7 Å². The van der Waals surface area contributed by atoms with Gasteiger partial charge in [-0.2, -0.15) is 0 Å². The van der Waals surface area contributed by atoms with Crippen molar-refractivity contribution >= 4 is 24.0 Å². The van der Waals surface area contributed by atoms with Crippen molar-refractivity contribution in [1.29, 1.82) is 0 Å². The Balaban J connectivity index is 1.75. The molecule has 0 aromatic carbocycles. The maximum Gasteiger partial charge on any atom is 0.258 e. The molecule has 0 saturated carbocycles. The number of aliphatic imine (C=N–C) groups is 2. The topological polar surface area (TPSA) is 61.4 Å². The Morgan fingerprint density at radius 2 is 1.95 bits per heavy atom. The number of fused-ring (bicyclic) bond motifs is 3. The molecule has 1 fully saturated rings. The molecule has 0 aliphatic carbocycles. The third kappa shape index (κ3) is 2.05. The number of amidine groups is 1. The third-order valence-electron chi connectivity index (χ3n) is 4.59. The van der Waals surface area contributed by atoms with Crippen LogP contribution in [0.15, 0.2) is 14.4 Å². The molecule has 0 N–H and O–H groups in total. The highest BCUT2D eigenvalue weighted by Crippen LogP contribution is 2.35. The minimum atomic E-state index is 0.0658. The van der Waals surface area contributed by atoms with Gasteiger partial charge in [0.2, 0.25) is 5.88 Å². The number of amides is 1. The molecule has 6 nitrogen and oxygen atoms in total. The molecule has 4 rings (SSSR count). The zero-order valence-electron chi connectivity index (χ0n) is 12.8. The predicted molar refractivity (Wildman–Crippen MR) is 84.1 cm³/mol. The van der Waals surface area contributed by atoms with Gasteiger partial charge in [0.25, 0.3) is 5.91 Å². The van der Waals surface area contributed by atoms with Gasteiger partial charge in [0.05, 0.1) is 17.7 Å². The fourth-order valence-electron chi connectivity index (χ4n) is 3.44. The quantitative estimate of drug-likeness (QED) is 0.799. The average molecular weight is 300 g/mol. The number of furan rings is 1. The number of aryl methyl sites for hydroxylation is 1. The first-order valence-corrected chi connectivity index (χ1v) is 8.04. The Morgan fingerprint density at radius 3 is 2.73 bits per heavy atom. The Morgan fingerprint density at radius 1 is 1.18 bits per heavy atom. The summed E-state index contributed by atoms with van der Waals surface area (Å²) >= 11 is 0. The maximum atomic E-state index is 13.0. The minimum Gasteiger partial charge on any atom is -0.442 e. The molecule has 1 amide bonds. The van der Waals surface area contributed by atoms with Crippen molar-refractivity contribution in [3.05, 3.63) is 16.9 Å². The zero-order chi connectivity index (χ0) is 15.1. The van der Waals surface area contributed by atoms with Gasteiger partial charge in [-0.3, -0.25) is 9.79 Å². The van der Waals surface area contributed by atoms with Gasteiger partial charge >= 0.3 is 0 Å². The lowest BCUT2D eigenvalue weighted by atomic mass is 10.1. The van der Waals surface area contributed by atoms with Crippen molar-refractivity contribution in [3.63, 3.8) is 0 Å². The number of carbonyl (C=O) groups excluding carboxylic acids is 1. The molecule has 1 aromatic rings. The molecule has 3 aliphatic rings. The predicted octanol–water partition coefficient (Wildman–Crippen LogP) is 2.34. The van der Waals surface area contributed by atoms with Gasteiger partial charge < -0.3 is 14.2 Å². The van der Waals surface area contributed by atoms with Gasteiger partial charge in [-0.25, -0.2) is 4.99 Å². The first-order chi connectivity index (χ1) is 10.8. The number of hydrogen-bond acceptors (Lipinski definition) is 5. The summed E-state index contributed by atoms with van der Waals surface area (Å²) < 4.78 is 5.74. The number of carbonyl (C=O) groups is 1. The molecule has 0 radical (unpaired) electrons. The van der Waals surface area contributed by atoms with Crippen LogP contribution in [0.2, 0.25) is 0 Å². The van der Waals surface area contributed by atoms with Crippen molar-refractivity contribution in [2.24, 2.45) is 9.98 Å². The average Bonchev–Trinajstić information content (AvgIpc) is 3.00. The maximum absolute atomic E-state index is 13.0. The van der Waals surface area contributed by atoms with Crippen molar-refractivity contribution in [3.8, 4) is 0 Å². The van der Waals surface area contributed by atoms with Crippen LogP contribution in [0.5, 0.6) is 0 Å². The molecule has 0 atom stereocenters. The highest BCUT2D eigenvalue weighted by Gasteiger charge is 2.35. The van der Waals surface area contributed by atoms with E-state index < -0.39 is 0 Å². The third-order valence-corrected chi connectivity index (χ3v) is 4.59. The fraction of sp³-hybridized carbons (Fsp3) is 0.562. The Kier molecular flexibility index (Phi) is 3.24. The van der Waals surface area contributed by atoms with Crippen LogP contribution in [0, 0.1) is 6.92 Å². The number of rotatable bonds is 1. The monoisotopic (exact) mass is 300 g/mol. The SMILES string of the molecule is Cc1oc2c(c1C(=O)N1CCCCCC1)C1=NCCN1C=N2. The summed E-state index contributed by atoms with van der Waals surface area (Å²) in [4.78, 5) is 25.9. The van der Waals surface area contributed by atoms with Crippen molar-refractivity contribution in [1.82, 2.24) is 9.80 Å². The van der Waals surface area contributed by atoms with Gasteiger partial charge in [0.15, 0.2) is 0 Å². The lowest BCUT2D eigenvalue weighted by Gasteiger charge is -2.22.